The number of ether oxygens (including phenoxy) is 1. The molecule has 4 aliphatic heterocycles. The number of rotatable bonds is 11. The van der Waals surface area contributed by atoms with Crippen LogP contribution in [-0.4, -0.2) is 131 Å². The maximum Gasteiger partial charge on any atom is 0.352 e. The number of nitrogen functional groups attached to an aromatic ring is 1. The van der Waals surface area contributed by atoms with Gasteiger partial charge in [-0.2, -0.15) is 15.3 Å². The summed E-state index contributed by atoms with van der Waals surface area (Å²) >= 11 is 4.15. The average molecular weight is 1130 g/mol. The van der Waals surface area contributed by atoms with E-state index in [1.807, 2.05) is 25.2 Å². The van der Waals surface area contributed by atoms with Crippen molar-refractivity contribution >= 4 is 105 Å². The summed E-state index contributed by atoms with van der Waals surface area (Å²) in [6, 6.07) is 19.4. The van der Waals surface area contributed by atoms with Gasteiger partial charge < -0.3 is 15.6 Å². The molecule has 3 aromatic carbocycles. The number of carboxylic acids is 1. The Labute approximate surface area is 462 Å². The molecule has 0 saturated carbocycles. The molecule has 0 unspecified atom stereocenters. The van der Waals surface area contributed by atoms with Crippen molar-refractivity contribution in [2.24, 2.45) is 15.3 Å². The third-order valence-electron chi connectivity index (χ3n) is 11.1. The number of benzene rings is 3. The van der Waals surface area contributed by atoms with Crippen molar-refractivity contribution in [2.45, 2.75) is 70.6 Å². The molecule has 1 saturated heterocycles. The molecule has 4 amide bonds. The molecule has 26 heteroatoms. The van der Waals surface area contributed by atoms with Crippen LogP contribution in [0, 0.1) is 17.5 Å². The highest BCUT2D eigenvalue weighted by molar-refractivity contribution is 7.16. The summed E-state index contributed by atoms with van der Waals surface area (Å²) in [6.45, 7) is 2.87. The summed E-state index contributed by atoms with van der Waals surface area (Å²) in [5, 5.41) is 31.3. The van der Waals surface area contributed by atoms with Crippen LogP contribution in [0.2, 0.25) is 0 Å². The van der Waals surface area contributed by atoms with Crippen LogP contribution in [0.3, 0.4) is 0 Å². The maximum absolute atomic E-state index is 13.2. The zero-order chi connectivity index (χ0) is 55.3. The lowest BCUT2D eigenvalue weighted by molar-refractivity contribution is -0.132. The Morgan fingerprint density at radius 2 is 1.03 bits per heavy atom. The van der Waals surface area contributed by atoms with Crippen LogP contribution in [-0.2, 0) is 48.0 Å². The van der Waals surface area contributed by atoms with E-state index in [2.05, 4.69) is 40.9 Å². The number of hydrogen-bond donors (Lipinski definition) is 4. The standard InChI is InChI=1S/C16H15FN4O2S.C16H17FN4OS.C10H9FN2S.C6H8N2O3.C4H8O.B/c1-21-14(22)6-5-13(20-21)15(23)19-16-18-9-12(24-16)8-10-3-2-4-11(17)7-10;1-21-7-3-6-14(20-21)15(22)19-16-18-10-13(23-16)9-11-4-2-5-12(17)8-11;11-8-3-1-2-7(4-8)5-9-6-13-10(12)14-9;1-8-5(9)3-2-4(7-8)6(10)11;1-2-4-5-3-1;/h2-4,7,9H,5-6,8H2,1H3,(H,18,19,23);2,4-5,8,10H,3,6-7,9H2,1H3,(H,18,19,22);1-4,6H,5H2,(H2,12,13);2-3H2,1H3,(H,10,11);1-4H2;. The van der Waals surface area contributed by atoms with E-state index >= 15 is 0 Å². The first kappa shape index (κ1) is 61.2. The van der Waals surface area contributed by atoms with Gasteiger partial charge in [0.25, 0.3) is 11.8 Å². The second-order valence-corrected chi connectivity index (χ2v) is 20.7. The lowest BCUT2D eigenvalue weighted by Gasteiger charge is -2.20. The number of carbonyl (C=O) groups excluding carboxylic acids is 4. The van der Waals surface area contributed by atoms with Crippen molar-refractivity contribution in [1.82, 2.24) is 30.0 Å². The molecule has 78 heavy (non-hydrogen) atoms. The van der Waals surface area contributed by atoms with Crippen LogP contribution in [0.1, 0.15) is 82.7 Å². The lowest BCUT2D eigenvalue weighted by atomic mass is 10.1. The van der Waals surface area contributed by atoms with E-state index in [0.29, 0.717) is 58.9 Å². The summed E-state index contributed by atoms with van der Waals surface area (Å²) in [6.07, 6.45) is 12.1. The highest BCUT2D eigenvalue weighted by Crippen LogP contribution is 2.24. The van der Waals surface area contributed by atoms with Crippen LogP contribution in [0.25, 0.3) is 0 Å². The third-order valence-corrected chi connectivity index (χ3v) is 13.8. The Morgan fingerprint density at radius 1 is 0.603 bits per heavy atom. The predicted molar refractivity (Wildman–Crippen MR) is 297 cm³/mol. The molecule has 0 spiro atoms. The number of thiazole rings is 3. The number of aromatic nitrogens is 3. The van der Waals surface area contributed by atoms with E-state index < -0.39 is 5.97 Å². The molecule has 5 N–H and O–H groups in total. The van der Waals surface area contributed by atoms with Gasteiger partial charge in [-0.05, 0) is 78.8 Å². The maximum atomic E-state index is 13.2. The van der Waals surface area contributed by atoms with Crippen molar-refractivity contribution in [3.8, 4) is 0 Å². The van der Waals surface area contributed by atoms with E-state index in [9.17, 15) is 37.1 Å². The number of hydrogen-bond acceptors (Lipinski definition) is 17. The predicted octanol–water partition coefficient (Wildman–Crippen LogP) is 7.86. The highest BCUT2D eigenvalue weighted by Gasteiger charge is 2.24. The zero-order valence-corrected chi connectivity index (χ0v) is 45.4. The fraction of sp³-hybridized carbons (Fsp3) is 0.327. The summed E-state index contributed by atoms with van der Waals surface area (Å²) in [5.41, 5.74) is 9.04. The van der Waals surface area contributed by atoms with E-state index in [-0.39, 0.29) is 74.5 Å². The molecule has 10 rings (SSSR count). The number of carboxylic acid groups (broad SMARTS) is 1. The number of halogens is 3. The molecular formula is C52H57BF3N12O7S3. The summed E-state index contributed by atoms with van der Waals surface area (Å²) in [7, 11) is 4.83. The van der Waals surface area contributed by atoms with Gasteiger partial charge >= 0.3 is 5.97 Å². The van der Waals surface area contributed by atoms with E-state index in [0.717, 1.165) is 62.5 Å². The van der Waals surface area contributed by atoms with Gasteiger partial charge in [-0.25, -0.2) is 42.9 Å². The molecule has 4 aliphatic rings. The zero-order valence-electron chi connectivity index (χ0n) is 43.0. The quantitative estimate of drug-likeness (QED) is 0.0905. The molecule has 7 heterocycles. The van der Waals surface area contributed by atoms with Crippen LogP contribution < -0.4 is 16.4 Å². The van der Waals surface area contributed by atoms with Crippen molar-refractivity contribution in [2.75, 3.05) is 57.3 Å². The van der Waals surface area contributed by atoms with Gasteiger partial charge in [0, 0.05) is 127 Å². The number of nitrogens with zero attached hydrogens (tertiary/aromatic N) is 9. The molecule has 409 valence electrons. The van der Waals surface area contributed by atoms with Crippen molar-refractivity contribution in [3.63, 3.8) is 0 Å². The minimum atomic E-state index is -1.05. The SMILES string of the molecule is C1CCOC1.CN1CCCC(C(=O)Nc2ncc(Cc3cccc(F)c3)s2)=N1.CN1N=C(C(=O)Nc2ncc(Cc3cccc(F)c3)s2)CCC1=O.CN1N=C(C(=O)O)CCC1=O.Nc1ncc(Cc2cccc(F)c2)s1.[B]. The van der Waals surface area contributed by atoms with Gasteiger partial charge in [0.15, 0.2) is 15.4 Å². The molecule has 0 atom stereocenters. The van der Waals surface area contributed by atoms with E-state index in [1.54, 1.807) is 41.8 Å². The average Bonchev–Trinajstić information content (AvgIpc) is 4.26. The van der Waals surface area contributed by atoms with Gasteiger partial charge in [0.1, 0.15) is 34.6 Å². The second-order valence-electron chi connectivity index (χ2n) is 17.3. The van der Waals surface area contributed by atoms with Gasteiger partial charge in [-0.15, -0.1) is 34.0 Å². The topological polar surface area (TPSA) is 250 Å². The molecule has 3 radical (unpaired) electrons. The van der Waals surface area contributed by atoms with Crippen LogP contribution in [0.4, 0.5) is 28.6 Å². The molecular weight excluding hydrogens is 1070 g/mol. The number of nitrogens with one attached hydrogen (secondary N) is 2. The Bertz CT molecular complexity index is 3090. The molecule has 19 nitrogen and oxygen atoms in total. The first-order chi connectivity index (χ1) is 37.0. The minimum Gasteiger partial charge on any atom is -0.477 e. The summed E-state index contributed by atoms with van der Waals surface area (Å²) < 4.78 is 44.2. The summed E-state index contributed by atoms with van der Waals surface area (Å²) in [5.74, 6) is -2.61. The van der Waals surface area contributed by atoms with Crippen molar-refractivity contribution in [1.29, 1.82) is 0 Å². The molecule has 6 aromatic rings. The number of nitrogens with two attached hydrogens (primary N) is 1. The third kappa shape index (κ3) is 20.7. The Hall–Kier alpha value is -7.68. The first-order valence-corrected chi connectivity index (χ1v) is 26.6. The van der Waals surface area contributed by atoms with Crippen molar-refractivity contribution in [3.05, 3.63) is 140 Å². The Balaban J connectivity index is 0.000000192. The normalized spacial score (nSPS) is 14.7. The highest BCUT2D eigenvalue weighted by atomic mass is 32.1. The smallest absolute Gasteiger partial charge is 0.352 e. The van der Waals surface area contributed by atoms with Gasteiger partial charge in [0.05, 0.1) is 0 Å². The summed E-state index contributed by atoms with van der Waals surface area (Å²) in [4.78, 5) is 72.1. The van der Waals surface area contributed by atoms with Crippen molar-refractivity contribution < 1.29 is 47.0 Å². The van der Waals surface area contributed by atoms with Crippen LogP contribution in [0.15, 0.2) is 107 Å². The Morgan fingerprint density at radius 3 is 1.41 bits per heavy atom. The van der Waals surface area contributed by atoms with E-state index in [4.69, 9.17) is 15.6 Å². The number of amides is 4. The first-order valence-electron chi connectivity index (χ1n) is 24.2. The minimum absolute atomic E-state index is 0. The number of carbonyl (C=O) groups is 5. The van der Waals surface area contributed by atoms with E-state index in [1.165, 1.54) is 102 Å². The largest absolute Gasteiger partial charge is 0.477 e. The second kappa shape index (κ2) is 30.9. The number of hydrazone groups is 3. The molecule has 3 aromatic heterocycles. The Kier molecular flexibility index (Phi) is 24.2. The number of anilines is 3. The monoisotopic (exact) mass is 1130 g/mol. The number of aliphatic carboxylic acids is 1. The van der Waals surface area contributed by atoms with Gasteiger partial charge in [-0.3, -0.25) is 34.8 Å². The van der Waals surface area contributed by atoms with Gasteiger partial charge in [0.2, 0.25) is 11.8 Å². The fourth-order valence-corrected chi connectivity index (χ4v) is 9.69. The molecule has 0 bridgehead atoms. The molecule has 0 aliphatic carbocycles. The molecule has 1 fully saturated rings. The van der Waals surface area contributed by atoms with Gasteiger partial charge in [-0.1, -0.05) is 36.4 Å². The van der Waals surface area contributed by atoms with Crippen LogP contribution in [0.5, 0.6) is 0 Å². The van der Waals surface area contributed by atoms with Crippen LogP contribution >= 0.6 is 34.0 Å². The fourth-order valence-electron chi connectivity index (χ4n) is 7.29. The lowest BCUT2D eigenvalue weighted by Crippen LogP contribution is -2.34.